The molecule has 0 saturated carbocycles. The number of oxazole rings is 1. The quantitative estimate of drug-likeness (QED) is 0.310. The van der Waals surface area contributed by atoms with Crippen molar-refractivity contribution in [2.75, 3.05) is 18.4 Å². The van der Waals surface area contributed by atoms with Crippen LogP contribution >= 0.6 is 0 Å². The lowest BCUT2D eigenvalue weighted by Gasteiger charge is -2.08. The van der Waals surface area contributed by atoms with Crippen LogP contribution in [0, 0.1) is 18.6 Å². The molecule has 0 amide bonds. The van der Waals surface area contributed by atoms with Crippen molar-refractivity contribution in [3.05, 3.63) is 69.6 Å². The van der Waals surface area contributed by atoms with Crippen LogP contribution < -0.4 is 21.9 Å². The van der Waals surface area contributed by atoms with E-state index in [1.54, 1.807) is 19.1 Å². The zero-order chi connectivity index (χ0) is 22.7. The van der Waals surface area contributed by atoms with Crippen LogP contribution in [-0.4, -0.2) is 28.0 Å². The third-order valence-corrected chi connectivity index (χ3v) is 4.93. The summed E-state index contributed by atoms with van der Waals surface area (Å²) < 4.78 is 33.7. The molecule has 166 valence electrons. The smallest absolute Gasteiger partial charge is 0.302 e. The van der Waals surface area contributed by atoms with Crippen LogP contribution in [0.25, 0.3) is 22.2 Å². The van der Waals surface area contributed by atoms with E-state index in [9.17, 15) is 13.6 Å². The van der Waals surface area contributed by atoms with E-state index in [0.29, 0.717) is 47.4 Å². The van der Waals surface area contributed by atoms with Gasteiger partial charge in [-0.3, -0.25) is 15.1 Å². The van der Waals surface area contributed by atoms with Crippen molar-refractivity contribution < 1.29 is 13.2 Å². The maximum atomic E-state index is 14.4. The normalized spacial score (nSPS) is 11.2. The maximum Gasteiger partial charge on any atom is 0.302 e. The predicted molar refractivity (Wildman–Crippen MR) is 118 cm³/mol. The van der Waals surface area contributed by atoms with Gasteiger partial charge < -0.3 is 15.5 Å². The van der Waals surface area contributed by atoms with E-state index in [2.05, 4.69) is 25.6 Å². The number of nitrogens with two attached hydrogens (primary N) is 1. The second-order valence-electron chi connectivity index (χ2n) is 7.31. The van der Waals surface area contributed by atoms with Crippen LogP contribution in [0.1, 0.15) is 17.5 Å². The van der Waals surface area contributed by atoms with E-state index < -0.39 is 17.2 Å². The van der Waals surface area contributed by atoms with Gasteiger partial charge in [-0.25, -0.2) is 13.8 Å². The minimum absolute atomic E-state index is 0.0541. The molecule has 4 aromatic rings. The molecule has 0 bridgehead atoms. The summed E-state index contributed by atoms with van der Waals surface area (Å²) in [5.41, 5.74) is 7.26. The van der Waals surface area contributed by atoms with Crippen LogP contribution in [0.4, 0.5) is 20.7 Å². The first-order chi connectivity index (χ1) is 15.4. The molecule has 2 heterocycles. The molecule has 4 rings (SSSR count). The molecule has 0 unspecified atom stereocenters. The van der Waals surface area contributed by atoms with Crippen LogP contribution in [-0.2, 0) is 6.54 Å². The fraction of sp³-hybridized carbons (Fsp3) is 0.227. The average molecular weight is 440 g/mol. The molecule has 0 fully saturated rings. The van der Waals surface area contributed by atoms with Crippen molar-refractivity contribution in [2.45, 2.75) is 19.9 Å². The summed E-state index contributed by atoms with van der Waals surface area (Å²) in [7, 11) is 0. The molecule has 0 aliphatic rings. The number of aromatic nitrogens is 3. The van der Waals surface area contributed by atoms with E-state index in [1.807, 2.05) is 0 Å². The highest BCUT2D eigenvalue weighted by atomic mass is 19.1. The third-order valence-electron chi connectivity index (χ3n) is 4.93. The zero-order valence-corrected chi connectivity index (χ0v) is 17.3. The molecule has 0 aliphatic carbocycles. The number of aryl methyl sites for hydroxylation is 1. The third kappa shape index (κ3) is 4.66. The summed E-state index contributed by atoms with van der Waals surface area (Å²) in [6.07, 6.45) is 2.14. The number of fused-ring (bicyclic) bond motifs is 1. The van der Waals surface area contributed by atoms with Gasteiger partial charge in [0, 0.05) is 24.4 Å². The number of benzene rings is 2. The summed E-state index contributed by atoms with van der Waals surface area (Å²) in [5, 5.41) is 5.86. The van der Waals surface area contributed by atoms with Gasteiger partial charge in [0.15, 0.2) is 5.58 Å². The minimum atomic E-state index is -0.464. The molecule has 0 atom stereocenters. The number of nitrogens with one attached hydrogen (secondary N) is 3. The van der Waals surface area contributed by atoms with Crippen LogP contribution in [0.15, 0.2) is 45.7 Å². The summed E-state index contributed by atoms with van der Waals surface area (Å²) in [6, 6.07) is 7.46. The molecule has 10 heteroatoms. The first kappa shape index (κ1) is 21.6. The Kier molecular flexibility index (Phi) is 6.24. The number of halogens is 2. The van der Waals surface area contributed by atoms with Crippen molar-refractivity contribution >= 4 is 23.1 Å². The van der Waals surface area contributed by atoms with Crippen LogP contribution in [0.2, 0.25) is 0 Å². The molecular formula is C22H22F2N6O2. The van der Waals surface area contributed by atoms with Gasteiger partial charge in [-0.1, -0.05) is 12.1 Å². The number of hydrogen-bond acceptors (Lipinski definition) is 7. The van der Waals surface area contributed by atoms with Gasteiger partial charge in [-0.05, 0) is 49.7 Å². The van der Waals surface area contributed by atoms with Crippen molar-refractivity contribution in [3.63, 3.8) is 0 Å². The molecule has 8 nitrogen and oxygen atoms in total. The lowest BCUT2D eigenvalue weighted by Crippen LogP contribution is -2.18. The highest BCUT2D eigenvalue weighted by Crippen LogP contribution is 2.24. The maximum absolute atomic E-state index is 14.4. The summed E-state index contributed by atoms with van der Waals surface area (Å²) in [6.45, 7) is 3.26. The Hall–Kier alpha value is -3.63. The molecule has 5 N–H and O–H groups in total. The Bertz CT molecular complexity index is 1280. The standard InChI is InChI=1S/C22H22F2N6O2/c1-12-7-19-18(9-16(12)23)28-22(32-19)30-21-27-11-15(20(31)29-21)13-3-4-14(17(24)8-13)10-26-6-2-5-25/h3-4,7-9,11,26H,2,5-6,10,25H2,1H3,(H2,27,28,29,30,31). The minimum Gasteiger partial charge on any atom is -0.423 e. The zero-order valence-electron chi connectivity index (χ0n) is 17.3. The Balaban J connectivity index is 1.51. The lowest BCUT2D eigenvalue weighted by molar-refractivity contribution is 0.583. The molecule has 2 aromatic carbocycles. The SMILES string of the molecule is Cc1cc2oc(Nc3ncc(-c4ccc(CNCCCN)c(F)c4)c(=O)[nH]3)nc2cc1F. The van der Waals surface area contributed by atoms with E-state index in [-0.39, 0.29) is 17.5 Å². The van der Waals surface area contributed by atoms with E-state index >= 15 is 0 Å². The van der Waals surface area contributed by atoms with Gasteiger partial charge >= 0.3 is 6.01 Å². The number of nitrogens with zero attached hydrogens (tertiary/aromatic N) is 2. The topological polar surface area (TPSA) is 122 Å². The molecule has 2 aromatic heterocycles. The summed E-state index contributed by atoms with van der Waals surface area (Å²) in [4.78, 5) is 23.4. The summed E-state index contributed by atoms with van der Waals surface area (Å²) >= 11 is 0. The molecule has 32 heavy (non-hydrogen) atoms. The van der Waals surface area contributed by atoms with Crippen molar-refractivity contribution in [1.29, 1.82) is 0 Å². The van der Waals surface area contributed by atoms with Gasteiger partial charge in [-0.15, -0.1) is 0 Å². The van der Waals surface area contributed by atoms with Crippen molar-refractivity contribution in [2.24, 2.45) is 5.73 Å². The predicted octanol–water partition coefficient (Wildman–Crippen LogP) is 3.35. The Morgan fingerprint density at radius 1 is 1.19 bits per heavy atom. The van der Waals surface area contributed by atoms with Crippen molar-refractivity contribution in [3.8, 4) is 11.1 Å². The molecule has 0 spiro atoms. The number of aromatic amines is 1. The largest absolute Gasteiger partial charge is 0.423 e. The highest BCUT2D eigenvalue weighted by Gasteiger charge is 2.12. The number of hydrogen-bond donors (Lipinski definition) is 4. The first-order valence-corrected chi connectivity index (χ1v) is 10.1. The molecule has 0 radical (unpaired) electrons. The van der Waals surface area contributed by atoms with Gasteiger partial charge in [0.2, 0.25) is 5.95 Å². The molecule has 0 aliphatic heterocycles. The number of rotatable bonds is 8. The molecule has 0 saturated heterocycles. The molecular weight excluding hydrogens is 418 g/mol. The first-order valence-electron chi connectivity index (χ1n) is 10.1. The van der Waals surface area contributed by atoms with Crippen molar-refractivity contribution in [1.82, 2.24) is 20.3 Å². The Morgan fingerprint density at radius 2 is 2.03 bits per heavy atom. The van der Waals surface area contributed by atoms with Crippen LogP contribution in [0.3, 0.4) is 0 Å². The van der Waals surface area contributed by atoms with Gasteiger partial charge in [0.1, 0.15) is 17.2 Å². The van der Waals surface area contributed by atoms with Gasteiger partial charge in [0.05, 0.1) is 5.56 Å². The van der Waals surface area contributed by atoms with Gasteiger partial charge in [0.25, 0.3) is 5.56 Å². The fourth-order valence-corrected chi connectivity index (χ4v) is 3.18. The van der Waals surface area contributed by atoms with E-state index in [1.165, 1.54) is 24.4 Å². The highest BCUT2D eigenvalue weighted by molar-refractivity contribution is 5.76. The van der Waals surface area contributed by atoms with E-state index in [4.69, 9.17) is 10.2 Å². The van der Waals surface area contributed by atoms with Gasteiger partial charge in [-0.2, -0.15) is 4.98 Å². The Morgan fingerprint density at radius 3 is 2.78 bits per heavy atom. The second kappa shape index (κ2) is 9.25. The Labute approximate surface area is 181 Å². The fourth-order valence-electron chi connectivity index (χ4n) is 3.18. The average Bonchev–Trinajstić information content (AvgIpc) is 3.13. The second-order valence-corrected chi connectivity index (χ2v) is 7.31. The van der Waals surface area contributed by atoms with Crippen LogP contribution in [0.5, 0.6) is 0 Å². The monoisotopic (exact) mass is 440 g/mol. The number of anilines is 2. The number of H-pyrrole nitrogens is 1. The van der Waals surface area contributed by atoms with E-state index in [0.717, 1.165) is 6.42 Å². The lowest BCUT2D eigenvalue weighted by atomic mass is 10.1. The summed E-state index contributed by atoms with van der Waals surface area (Å²) in [5.74, 6) is -0.722.